The molecule has 0 radical (unpaired) electrons. The minimum atomic E-state index is -0.500. The van der Waals surface area contributed by atoms with Gasteiger partial charge in [0, 0.05) is 42.7 Å². The van der Waals surface area contributed by atoms with E-state index in [-0.39, 0.29) is 0 Å². The zero-order chi connectivity index (χ0) is 18.3. The molecule has 0 bridgehead atoms. The number of halogens is 2. The summed E-state index contributed by atoms with van der Waals surface area (Å²) < 4.78 is 30.6. The van der Waals surface area contributed by atoms with Crippen LogP contribution in [0.4, 0.5) is 8.78 Å². The molecule has 26 heavy (non-hydrogen) atoms. The molecule has 3 aromatic rings. The van der Waals surface area contributed by atoms with Gasteiger partial charge in [0.05, 0.1) is 5.52 Å². The molecule has 4 rings (SSSR count). The fourth-order valence-corrected chi connectivity index (χ4v) is 4.11. The van der Waals surface area contributed by atoms with Crippen molar-refractivity contribution in [2.24, 2.45) is 0 Å². The molecule has 2 nitrogen and oxygen atoms in total. The Labute approximate surface area is 153 Å². The van der Waals surface area contributed by atoms with E-state index in [0.29, 0.717) is 11.6 Å². The third kappa shape index (κ3) is 3.03. The summed E-state index contributed by atoms with van der Waals surface area (Å²) in [6.07, 6.45) is 2.75. The number of rotatable bonds is 4. The molecule has 1 unspecified atom stereocenters. The topological polar surface area (TPSA) is 8.17 Å². The Hall–Kier alpha value is -2.20. The number of benzene rings is 2. The Balaban J connectivity index is 1.72. The molecule has 4 heteroatoms. The molecule has 0 fully saturated rings. The number of likely N-dealkylation sites (N-methyl/N-ethyl adjacent to an activating group) is 1. The van der Waals surface area contributed by atoms with Gasteiger partial charge in [0.15, 0.2) is 0 Å². The van der Waals surface area contributed by atoms with Gasteiger partial charge < -0.3 is 4.57 Å². The molecule has 0 aliphatic carbocycles. The van der Waals surface area contributed by atoms with E-state index in [1.54, 1.807) is 0 Å². The molecule has 2 heterocycles. The van der Waals surface area contributed by atoms with Gasteiger partial charge in [-0.05, 0) is 44.0 Å². The summed E-state index contributed by atoms with van der Waals surface area (Å²) in [6.45, 7) is 3.67. The first-order valence-electron chi connectivity index (χ1n) is 9.27. The van der Waals surface area contributed by atoms with Gasteiger partial charge in [-0.1, -0.05) is 30.3 Å². The number of fused-ring (bicyclic) bond motifs is 3. The van der Waals surface area contributed by atoms with E-state index in [1.807, 2.05) is 18.2 Å². The van der Waals surface area contributed by atoms with Gasteiger partial charge in [0.25, 0.3) is 0 Å². The van der Waals surface area contributed by atoms with E-state index >= 15 is 0 Å². The van der Waals surface area contributed by atoms with Gasteiger partial charge in [-0.3, -0.25) is 4.90 Å². The Kier molecular flexibility index (Phi) is 4.53. The van der Waals surface area contributed by atoms with Crippen molar-refractivity contribution in [1.29, 1.82) is 0 Å². The van der Waals surface area contributed by atoms with Crippen LogP contribution in [0.2, 0.25) is 0 Å². The quantitative estimate of drug-likeness (QED) is 0.645. The lowest BCUT2D eigenvalue weighted by molar-refractivity contribution is 0.228. The van der Waals surface area contributed by atoms with Crippen molar-refractivity contribution in [3.05, 3.63) is 70.9 Å². The van der Waals surface area contributed by atoms with E-state index in [0.717, 1.165) is 49.4 Å². The lowest BCUT2D eigenvalue weighted by atomic mass is 10.00. The van der Waals surface area contributed by atoms with Gasteiger partial charge >= 0.3 is 0 Å². The van der Waals surface area contributed by atoms with Crippen molar-refractivity contribution in [3.8, 4) is 0 Å². The lowest BCUT2D eigenvalue weighted by Gasteiger charge is -2.31. The maximum absolute atomic E-state index is 14.7. The van der Waals surface area contributed by atoms with Gasteiger partial charge in [0.2, 0.25) is 0 Å². The summed E-state index contributed by atoms with van der Waals surface area (Å²) in [5.74, 6) is -0.954. The largest absolute Gasteiger partial charge is 0.342 e. The summed E-state index contributed by atoms with van der Waals surface area (Å²) in [7, 11) is 2.07. The van der Waals surface area contributed by atoms with Crippen molar-refractivity contribution in [2.45, 2.75) is 45.3 Å². The average Bonchev–Trinajstić information content (AvgIpc) is 2.90. The Morgan fingerprint density at radius 2 is 1.88 bits per heavy atom. The van der Waals surface area contributed by atoms with Gasteiger partial charge in [-0.25, -0.2) is 8.78 Å². The van der Waals surface area contributed by atoms with Crippen LogP contribution in [0.25, 0.3) is 10.9 Å². The van der Waals surface area contributed by atoms with E-state index in [4.69, 9.17) is 0 Å². The Morgan fingerprint density at radius 1 is 1.12 bits per heavy atom. The molecule has 0 N–H and O–H groups in total. The second-order valence-electron chi connectivity index (χ2n) is 7.42. The van der Waals surface area contributed by atoms with Crippen LogP contribution in [0.1, 0.15) is 30.2 Å². The molecule has 1 aliphatic heterocycles. The maximum Gasteiger partial charge on any atom is 0.150 e. The van der Waals surface area contributed by atoms with E-state index in [1.165, 1.54) is 17.3 Å². The summed E-state index contributed by atoms with van der Waals surface area (Å²) in [6, 6.07) is 13.2. The highest BCUT2D eigenvalue weighted by molar-refractivity contribution is 5.86. The Morgan fingerprint density at radius 3 is 2.65 bits per heavy atom. The Bertz CT molecular complexity index is 930. The van der Waals surface area contributed by atoms with E-state index < -0.39 is 11.6 Å². The second kappa shape index (κ2) is 6.84. The summed E-state index contributed by atoms with van der Waals surface area (Å²) >= 11 is 0. The third-order valence-electron chi connectivity index (χ3n) is 5.64. The SMILES string of the molecule is CC1Cc2c(c3cc(F)cc(F)c3n2CCCc2ccccc2)CN1C. The molecule has 0 saturated carbocycles. The predicted molar refractivity (Wildman–Crippen MR) is 101 cm³/mol. The van der Waals surface area contributed by atoms with Crippen LogP contribution in [0.15, 0.2) is 42.5 Å². The van der Waals surface area contributed by atoms with Crippen LogP contribution >= 0.6 is 0 Å². The van der Waals surface area contributed by atoms with Gasteiger partial charge in [-0.15, -0.1) is 0 Å². The van der Waals surface area contributed by atoms with E-state index in [2.05, 4.69) is 35.6 Å². The van der Waals surface area contributed by atoms with Crippen LogP contribution in [-0.4, -0.2) is 22.6 Å². The van der Waals surface area contributed by atoms with Crippen LogP contribution in [0, 0.1) is 11.6 Å². The highest BCUT2D eigenvalue weighted by Gasteiger charge is 2.28. The normalized spacial score (nSPS) is 17.6. The fraction of sp³-hybridized carbons (Fsp3) is 0.364. The molecule has 1 aromatic heterocycles. The van der Waals surface area contributed by atoms with E-state index in [9.17, 15) is 8.78 Å². The molecule has 0 saturated heterocycles. The molecule has 0 spiro atoms. The highest BCUT2D eigenvalue weighted by atomic mass is 19.1. The number of aryl methyl sites for hydroxylation is 2. The molecular formula is C22H24F2N2. The first-order valence-corrected chi connectivity index (χ1v) is 9.27. The monoisotopic (exact) mass is 354 g/mol. The predicted octanol–water partition coefficient (Wildman–Crippen LogP) is 4.93. The van der Waals surface area contributed by atoms with Crippen LogP contribution in [0.3, 0.4) is 0 Å². The average molecular weight is 354 g/mol. The minimum absolute atomic E-state index is 0.396. The lowest BCUT2D eigenvalue weighted by Crippen LogP contribution is -2.35. The standard InChI is InChI=1S/C22H24F2N2/c1-15-11-21-19(14-25(15)2)18-12-17(23)13-20(24)22(18)26(21)10-6-9-16-7-4-3-5-8-16/h3-5,7-8,12-13,15H,6,9-11,14H2,1-2H3. The zero-order valence-corrected chi connectivity index (χ0v) is 15.3. The van der Waals surface area contributed by atoms with Crippen LogP contribution in [0.5, 0.6) is 0 Å². The van der Waals surface area contributed by atoms with Crippen molar-refractivity contribution in [1.82, 2.24) is 9.47 Å². The van der Waals surface area contributed by atoms with Crippen molar-refractivity contribution >= 4 is 10.9 Å². The highest BCUT2D eigenvalue weighted by Crippen LogP contribution is 2.34. The van der Waals surface area contributed by atoms with Crippen LogP contribution in [-0.2, 0) is 25.9 Å². The number of aromatic nitrogens is 1. The summed E-state index contributed by atoms with van der Waals surface area (Å²) in [4.78, 5) is 2.25. The maximum atomic E-state index is 14.7. The summed E-state index contributed by atoms with van der Waals surface area (Å²) in [5.41, 5.74) is 4.10. The fourth-order valence-electron chi connectivity index (χ4n) is 4.11. The first kappa shape index (κ1) is 17.2. The van der Waals surface area contributed by atoms with Gasteiger partial charge in [-0.2, -0.15) is 0 Å². The minimum Gasteiger partial charge on any atom is -0.342 e. The molecule has 1 atom stereocenters. The third-order valence-corrected chi connectivity index (χ3v) is 5.64. The molecule has 136 valence electrons. The molecule has 0 amide bonds. The second-order valence-corrected chi connectivity index (χ2v) is 7.42. The molecular weight excluding hydrogens is 330 g/mol. The number of hydrogen-bond acceptors (Lipinski definition) is 1. The van der Waals surface area contributed by atoms with Crippen molar-refractivity contribution < 1.29 is 8.78 Å². The number of nitrogens with zero attached hydrogens (tertiary/aromatic N) is 2. The van der Waals surface area contributed by atoms with Crippen molar-refractivity contribution in [2.75, 3.05) is 7.05 Å². The number of hydrogen-bond donors (Lipinski definition) is 0. The summed E-state index contributed by atoms with van der Waals surface area (Å²) in [5, 5.41) is 0.732. The van der Waals surface area contributed by atoms with Crippen LogP contribution < -0.4 is 0 Å². The molecule has 1 aliphatic rings. The molecule has 2 aromatic carbocycles. The smallest absolute Gasteiger partial charge is 0.150 e. The first-order chi connectivity index (χ1) is 12.5. The van der Waals surface area contributed by atoms with Crippen molar-refractivity contribution in [3.63, 3.8) is 0 Å². The van der Waals surface area contributed by atoms with Gasteiger partial charge in [0.1, 0.15) is 11.6 Å². The zero-order valence-electron chi connectivity index (χ0n) is 15.3.